The number of benzene rings is 3. The molecule has 0 radical (unpaired) electrons. The van der Waals surface area contributed by atoms with Crippen molar-refractivity contribution >= 4 is 125 Å². The normalized spacial score (nSPS) is 23.4. The fraction of sp³-hybridized carbons (Fsp3) is 0.414. The smallest absolute Gasteiger partial charge is 0.338 e. The lowest BCUT2D eigenvalue weighted by Crippen LogP contribution is -2.53. The van der Waals surface area contributed by atoms with Gasteiger partial charge in [-0.15, -0.1) is 34.0 Å². The third-order valence-corrected chi connectivity index (χ3v) is 21.3. The molecule has 25 nitrogen and oxygen atoms in total. The second-order valence-electron chi connectivity index (χ2n) is 24.6. The third-order valence-electron chi connectivity index (χ3n) is 17.3. The molecule has 3 saturated heterocycles. The first-order chi connectivity index (χ1) is 51.8. The predicted molar refractivity (Wildman–Crippen MR) is 393 cm³/mol. The zero-order chi connectivity index (χ0) is 77.5. The molecule has 38 heteroatoms. The molecule has 0 aliphatic carbocycles. The maximum atomic E-state index is 14.9. The number of piperidine rings is 3. The molecule has 9 heterocycles. The number of aliphatic hydroxyl groups is 1. The van der Waals surface area contributed by atoms with Crippen molar-refractivity contribution in [3.8, 4) is 0 Å². The van der Waals surface area contributed by atoms with Crippen molar-refractivity contribution in [3.05, 3.63) is 186 Å². The SMILES string of the molecule is CCOC(=O)C1=C(CN2CC(F)C(O)C(F)C2)NC(c2nccs2)=N[C@H]1c1ccc(F)cc1Br.CCOC(=O)C1=C(CN2CCC(OCC(=O)O)C(F)C2)NC(c2nccs2)=N[C@H]1c1ccc(F)cc1Br.CCOC(=O)C1=C(CN2CCC(OCC(=O)O)C(F)C2)NC(c2nccs2)=N[C@H]1c1ccc(F)cc1Cl. The number of nitrogens with one attached hydrogen (secondary N) is 3. The molecule has 0 amide bonds. The molecule has 6 N–H and O–H groups in total. The number of aliphatic carboxylic acids is 2. The van der Waals surface area contributed by atoms with Crippen molar-refractivity contribution in [1.82, 2.24) is 45.6 Å². The standard InChI is InChI=1S/C24H25BrF2N4O5S.C24H25ClF2N4O5S.C22H22BrF3N4O3S/c2*1-2-35-24(34)20-17(11-31-7-5-18(16(27)10-31)36-12-19(32)33)29-22(23-28-6-8-37-23)30-21(20)14-4-3-13(26)9-15(14)25;1-2-33-22(32)17-16(10-30-8-14(25)19(31)15(26)9-30)28-20(21-27-5-6-34-21)29-18(17)12-4-3-11(24)7-13(12)23/h2*3-4,6,8-9,16,18,21H,2,5,7,10-12H2,1H3,(H,29,30)(H,32,33);3-7,14-15,18-19,31H,2,8-10H2,1H3,(H,28,29)/t2*16?,18?,21-;14?,15?,18-,19?/m000/s1. The van der Waals surface area contributed by atoms with Gasteiger partial charge in [0.05, 0.1) is 48.7 Å². The number of alkyl halides is 4. The first kappa shape index (κ1) is 82.5. The first-order valence-corrected chi connectivity index (χ1v) is 38.3. The molecule has 3 aromatic heterocycles. The van der Waals surface area contributed by atoms with E-state index >= 15 is 0 Å². The van der Waals surface area contributed by atoms with Crippen LogP contribution in [0.15, 0.2) is 147 Å². The van der Waals surface area contributed by atoms with Crippen LogP contribution in [-0.4, -0.2) is 227 Å². The van der Waals surface area contributed by atoms with Crippen molar-refractivity contribution in [2.24, 2.45) is 15.0 Å². The Morgan fingerprint density at radius 2 is 0.852 bits per heavy atom. The summed E-state index contributed by atoms with van der Waals surface area (Å²) in [5.74, 6) is -4.46. The van der Waals surface area contributed by atoms with Crippen LogP contribution in [-0.2, 0) is 47.7 Å². The molecule has 6 unspecified atom stereocenters. The number of carboxylic acids is 2. The van der Waals surface area contributed by atoms with Gasteiger partial charge in [0, 0.05) is 130 Å². The Morgan fingerprint density at radius 1 is 0.519 bits per heavy atom. The first-order valence-electron chi connectivity index (χ1n) is 33.7. The molecule has 578 valence electrons. The minimum absolute atomic E-state index is 0.0137. The van der Waals surface area contributed by atoms with Crippen LogP contribution in [0, 0.1) is 17.5 Å². The summed E-state index contributed by atoms with van der Waals surface area (Å²) in [7, 11) is 0. The molecular formula is C70H72Br2ClF7N12O13S3. The molecule has 0 bridgehead atoms. The predicted octanol–water partition coefficient (Wildman–Crippen LogP) is 10.1. The number of aliphatic hydroxyl groups excluding tert-OH is 1. The van der Waals surface area contributed by atoms with Gasteiger partial charge in [0.15, 0.2) is 32.5 Å². The average Bonchev–Trinajstić information content (AvgIpc) is 1.14. The topological polar surface area (TPSA) is 314 Å². The molecule has 3 fully saturated rings. The van der Waals surface area contributed by atoms with Gasteiger partial charge in [-0.1, -0.05) is 61.7 Å². The van der Waals surface area contributed by atoms with Gasteiger partial charge in [-0.25, -0.2) is 69.7 Å². The molecule has 3 aromatic carbocycles. The van der Waals surface area contributed by atoms with Crippen LogP contribution in [0.3, 0.4) is 0 Å². The van der Waals surface area contributed by atoms with E-state index in [1.165, 1.54) is 81.4 Å². The Labute approximate surface area is 647 Å². The van der Waals surface area contributed by atoms with Crippen molar-refractivity contribution < 1.29 is 93.7 Å². The number of aromatic nitrogens is 3. The number of aliphatic imine (C=N–C) groups is 3. The number of carbonyl (C=O) groups excluding carboxylic acids is 3. The average molecular weight is 1710 g/mol. The molecule has 0 spiro atoms. The molecule has 9 atom stereocenters. The monoisotopic (exact) mass is 1710 g/mol. The number of amidine groups is 3. The van der Waals surface area contributed by atoms with Crippen molar-refractivity contribution in [3.63, 3.8) is 0 Å². The number of thiazole rings is 3. The number of carbonyl (C=O) groups is 5. The van der Waals surface area contributed by atoms with Crippen molar-refractivity contribution in [1.29, 1.82) is 0 Å². The molecule has 6 aliphatic heterocycles. The van der Waals surface area contributed by atoms with Crippen LogP contribution in [0.2, 0.25) is 5.02 Å². The second-order valence-corrected chi connectivity index (χ2v) is 29.4. The van der Waals surface area contributed by atoms with Gasteiger partial charge in [-0.05, 0) is 81.1 Å². The van der Waals surface area contributed by atoms with E-state index in [-0.39, 0.29) is 100 Å². The highest BCUT2D eigenvalue weighted by molar-refractivity contribution is 9.10. The summed E-state index contributed by atoms with van der Waals surface area (Å²) in [5, 5.41) is 43.9. The van der Waals surface area contributed by atoms with E-state index in [0.29, 0.717) is 88.3 Å². The lowest BCUT2D eigenvalue weighted by molar-refractivity contribution is -0.148. The number of rotatable bonds is 24. The number of likely N-dealkylation sites (tertiary alicyclic amines) is 3. The summed E-state index contributed by atoms with van der Waals surface area (Å²) in [4.78, 5) is 93.2. The number of hydrogen-bond donors (Lipinski definition) is 6. The number of hydrogen-bond acceptors (Lipinski definition) is 26. The van der Waals surface area contributed by atoms with Crippen LogP contribution >= 0.6 is 77.5 Å². The van der Waals surface area contributed by atoms with Gasteiger partial charge >= 0.3 is 29.8 Å². The summed E-state index contributed by atoms with van der Waals surface area (Å²) >= 11 is 17.1. The van der Waals surface area contributed by atoms with E-state index in [4.69, 9.17) is 60.5 Å². The number of esters is 3. The summed E-state index contributed by atoms with van der Waals surface area (Å²) in [6, 6.07) is 9.41. The Morgan fingerprint density at radius 3 is 1.17 bits per heavy atom. The van der Waals surface area contributed by atoms with Crippen LogP contribution in [0.4, 0.5) is 30.7 Å². The number of ether oxygens (including phenoxy) is 5. The molecular weight excluding hydrogens is 1640 g/mol. The van der Waals surface area contributed by atoms with Gasteiger partial charge in [-0.2, -0.15) is 0 Å². The fourth-order valence-electron chi connectivity index (χ4n) is 12.4. The van der Waals surface area contributed by atoms with E-state index < -0.39 is 122 Å². The number of nitrogens with zero attached hydrogens (tertiary/aromatic N) is 9. The second kappa shape index (κ2) is 38.6. The fourth-order valence-corrected chi connectivity index (χ4v) is 15.6. The molecule has 6 aliphatic rings. The number of halogens is 10. The van der Waals surface area contributed by atoms with Gasteiger partial charge in [-0.3, -0.25) is 29.7 Å². The minimum atomic E-state index is -1.77. The van der Waals surface area contributed by atoms with Crippen molar-refractivity contribution in [2.45, 2.75) is 94.7 Å². The Kier molecular flexibility index (Phi) is 29.5. The molecule has 0 saturated carbocycles. The Hall–Kier alpha value is -7.95. The highest BCUT2D eigenvalue weighted by Crippen LogP contribution is 2.41. The van der Waals surface area contributed by atoms with Crippen LogP contribution in [0.5, 0.6) is 0 Å². The lowest BCUT2D eigenvalue weighted by Gasteiger charge is -2.36. The number of carboxylic acid groups (broad SMARTS) is 2. The summed E-state index contributed by atoms with van der Waals surface area (Å²) < 4.78 is 127. The maximum absolute atomic E-state index is 14.9. The molecule has 12 rings (SSSR count). The van der Waals surface area contributed by atoms with Gasteiger partial charge in [0.2, 0.25) is 0 Å². The van der Waals surface area contributed by atoms with E-state index in [1.807, 2.05) is 4.90 Å². The van der Waals surface area contributed by atoms with Gasteiger partial charge in [0.1, 0.15) is 79.6 Å². The van der Waals surface area contributed by atoms with Crippen LogP contribution < -0.4 is 16.0 Å². The minimum Gasteiger partial charge on any atom is -0.480 e. The van der Waals surface area contributed by atoms with Crippen molar-refractivity contribution in [2.75, 3.05) is 91.9 Å². The maximum Gasteiger partial charge on any atom is 0.338 e. The summed E-state index contributed by atoms with van der Waals surface area (Å²) in [5.41, 5.74) is 3.27. The van der Waals surface area contributed by atoms with Crippen LogP contribution in [0.1, 0.15) is 83.5 Å². The highest BCUT2D eigenvalue weighted by atomic mass is 79.9. The zero-order valence-corrected chi connectivity index (χ0v) is 64.1. The third kappa shape index (κ3) is 21.1. The molecule has 6 aromatic rings. The van der Waals surface area contributed by atoms with Crippen LogP contribution in [0.25, 0.3) is 0 Å². The van der Waals surface area contributed by atoms with E-state index in [0.717, 1.165) is 6.07 Å². The zero-order valence-electron chi connectivity index (χ0n) is 57.7. The summed E-state index contributed by atoms with van der Waals surface area (Å²) in [6.45, 7) is 4.87. The van der Waals surface area contributed by atoms with E-state index in [9.17, 15) is 59.8 Å². The largest absolute Gasteiger partial charge is 0.480 e. The van der Waals surface area contributed by atoms with Gasteiger partial charge in [0.25, 0.3) is 0 Å². The van der Waals surface area contributed by atoms with E-state index in [1.54, 1.807) is 66.5 Å². The summed E-state index contributed by atoms with van der Waals surface area (Å²) in [6.07, 6.45) is -4.29. The lowest BCUT2D eigenvalue weighted by atomic mass is 9.94. The molecule has 108 heavy (non-hydrogen) atoms. The Balaban J connectivity index is 0.000000173. The van der Waals surface area contributed by atoms with E-state index in [2.05, 4.69) is 62.8 Å². The quantitative estimate of drug-likeness (QED) is 0.0186. The highest BCUT2D eigenvalue weighted by Gasteiger charge is 2.42. The Bertz CT molecular complexity index is 4200. The van der Waals surface area contributed by atoms with Gasteiger partial charge < -0.3 is 55.0 Å².